The fourth-order valence-electron chi connectivity index (χ4n) is 1.80. The second-order valence-corrected chi connectivity index (χ2v) is 5.16. The van der Waals surface area contributed by atoms with E-state index >= 15 is 0 Å². The van der Waals surface area contributed by atoms with Crippen LogP contribution in [0.4, 0.5) is 4.39 Å². The summed E-state index contributed by atoms with van der Waals surface area (Å²) in [6.45, 7) is 2.60. The molecule has 18 heavy (non-hydrogen) atoms. The minimum absolute atomic E-state index is 0.161. The van der Waals surface area contributed by atoms with Gasteiger partial charge in [-0.1, -0.05) is 46.3 Å². The number of hydrogen-bond donors (Lipinski definition) is 1. The Balaban J connectivity index is 2.00. The molecule has 2 aromatic carbocycles. The zero-order valence-electron chi connectivity index (χ0n) is 10.2. The highest BCUT2D eigenvalue weighted by Crippen LogP contribution is 2.18. The third-order valence-corrected chi connectivity index (χ3v) is 3.40. The average molecular weight is 308 g/mol. The molecule has 0 saturated heterocycles. The van der Waals surface area contributed by atoms with Crippen molar-refractivity contribution in [2.45, 2.75) is 19.5 Å². The van der Waals surface area contributed by atoms with E-state index in [2.05, 4.69) is 40.3 Å². The van der Waals surface area contributed by atoms with Crippen LogP contribution < -0.4 is 5.32 Å². The highest BCUT2D eigenvalue weighted by Gasteiger charge is 2.06. The van der Waals surface area contributed by atoms with Crippen LogP contribution in [0.3, 0.4) is 0 Å². The predicted molar refractivity (Wildman–Crippen MR) is 75.8 cm³/mol. The summed E-state index contributed by atoms with van der Waals surface area (Å²) in [6, 6.07) is 15.1. The first-order valence-corrected chi connectivity index (χ1v) is 6.68. The lowest BCUT2D eigenvalue weighted by Gasteiger charge is -2.15. The van der Waals surface area contributed by atoms with Gasteiger partial charge < -0.3 is 5.32 Å². The minimum atomic E-state index is -0.161. The van der Waals surface area contributed by atoms with Crippen LogP contribution in [0.15, 0.2) is 53.0 Å². The van der Waals surface area contributed by atoms with Crippen LogP contribution in [0, 0.1) is 5.82 Å². The molecule has 0 aliphatic heterocycles. The van der Waals surface area contributed by atoms with E-state index in [1.165, 1.54) is 11.6 Å². The summed E-state index contributed by atoms with van der Waals surface area (Å²) in [5.74, 6) is -0.161. The molecule has 0 unspecified atom stereocenters. The van der Waals surface area contributed by atoms with E-state index < -0.39 is 0 Å². The minimum Gasteiger partial charge on any atom is -0.306 e. The third kappa shape index (κ3) is 3.40. The van der Waals surface area contributed by atoms with E-state index in [0.29, 0.717) is 12.1 Å². The number of halogens is 2. The molecule has 0 aliphatic rings. The molecule has 1 nitrogen and oxygen atoms in total. The van der Waals surface area contributed by atoms with Crippen molar-refractivity contribution in [1.82, 2.24) is 5.32 Å². The number of benzene rings is 2. The standard InChI is InChI=1S/C15H15BrFN/c1-11(12-6-4-7-14(16)9-12)18-10-13-5-2-3-8-15(13)17/h2-9,11,18H,10H2,1H3/t11-/m1/s1. The summed E-state index contributed by atoms with van der Waals surface area (Å²) in [4.78, 5) is 0. The Morgan fingerprint density at radius 2 is 1.94 bits per heavy atom. The summed E-state index contributed by atoms with van der Waals surface area (Å²) in [5.41, 5.74) is 1.88. The van der Waals surface area contributed by atoms with E-state index in [1.807, 2.05) is 18.2 Å². The Kier molecular flexibility index (Phi) is 4.50. The summed E-state index contributed by atoms with van der Waals surface area (Å²) in [7, 11) is 0. The van der Waals surface area contributed by atoms with E-state index in [4.69, 9.17) is 0 Å². The van der Waals surface area contributed by atoms with Gasteiger partial charge in [-0.05, 0) is 30.7 Å². The summed E-state index contributed by atoms with van der Waals surface area (Å²) >= 11 is 3.45. The lowest BCUT2D eigenvalue weighted by Crippen LogP contribution is -2.18. The Morgan fingerprint density at radius 1 is 1.17 bits per heavy atom. The van der Waals surface area contributed by atoms with E-state index in [1.54, 1.807) is 12.1 Å². The van der Waals surface area contributed by atoms with Gasteiger partial charge in [-0.2, -0.15) is 0 Å². The van der Waals surface area contributed by atoms with Crippen LogP contribution in [-0.2, 0) is 6.54 Å². The van der Waals surface area contributed by atoms with Crippen molar-refractivity contribution >= 4 is 15.9 Å². The highest BCUT2D eigenvalue weighted by atomic mass is 79.9. The van der Waals surface area contributed by atoms with Crippen LogP contribution in [0.5, 0.6) is 0 Å². The van der Waals surface area contributed by atoms with Crippen molar-refractivity contribution in [3.63, 3.8) is 0 Å². The largest absolute Gasteiger partial charge is 0.306 e. The van der Waals surface area contributed by atoms with Gasteiger partial charge in [-0.3, -0.25) is 0 Å². The Labute approximate surface area is 115 Å². The molecule has 1 atom stereocenters. The Hall–Kier alpha value is -1.19. The fraction of sp³-hybridized carbons (Fsp3) is 0.200. The SMILES string of the molecule is C[C@@H](NCc1ccccc1F)c1cccc(Br)c1. The second-order valence-electron chi connectivity index (χ2n) is 4.25. The zero-order valence-corrected chi connectivity index (χ0v) is 11.7. The third-order valence-electron chi connectivity index (χ3n) is 2.91. The maximum Gasteiger partial charge on any atom is 0.127 e. The highest BCUT2D eigenvalue weighted by molar-refractivity contribution is 9.10. The van der Waals surface area contributed by atoms with Gasteiger partial charge in [0.1, 0.15) is 5.82 Å². The lowest BCUT2D eigenvalue weighted by molar-refractivity contribution is 0.544. The van der Waals surface area contributed by atoms with Crippen LogP contribution in [0.1, 0.15) is 24.1 Å². The molecule has 1 N–H and O–H groups in total. The molecule has 0 fully saturated rings. The van der Waals surface area contributed by atoms with Gasteiger partial charge in [0.05, 0.1) is 0 Å². The Morgan fingerprint density at radius 3 is 2.67 bits per heavy atom. The quantitative estimate of drug-likeness (QED) is 0.880. The number of nitrogens with one attached hydrogen (secondary N) is 1. The molecule has 0 aliphatic carbocycles. The monoisotopic (exact) mass is 307 g/mol. The van der Waals surface area contributed by atoms with Gasteiger partial charge in [0.25, 0.3) is 0 Å². The van der Waals surface area contributed by atoms with Gasteiger partial charge in [0.2, 0.25) is 0 Å². The molecule has 0 aromatic heterocycles. The first-order chi connectivity index (χ1) is 8.66. The summed E-state index contributed by atoms with van der Waals surface area (Å²) in [5, 5.41) is 3.32. The van der Waals surface area contributed by atoms with Crippen molar-refractivity contribution in [3.05, 3.63) is 69.9 Å². The van der Waals surface area contributed by atoms with Gasteiger partial charge in [0.15, 0.2) is 0 Å². The van der Waals surface area contributed by atoms with Gasteiger partial charge in [0, 0.05) is 22.6 Å². The lowest BCUT2D eigenvalue weighted by atomic mass is 10.1. The molecule has 3 heteroatoms. The molecule has 0 heterocycles. The number of rotatable bonds is 4. The molecule has 2 rings (SSSR count). The molecular weight excluding hydrogens is 293 g/mol. The molecule has 94 valence electrons. The van der Waals surface area contributed by atoms with Crippen LogP contribution in [-0.4, -0.2) is 0 Å². The van der Waals surface area contributed by atoms with Gasteiger partial charge in [-0.25, -0.2) is 4.39 Å². The topological polar surface area (TPSA) is 12.0 Å². The maximum absolute atomic E-state index is 13.5. The predicted octanol–water partition coefficient (Wildman–Crippen LogP) is 4.44. The van der Waals surface area contributed by atoms with Crippen molar-refractivity contribution in [1.29, 1.82) is 0 Å². The first-order valence-electron chi connectivity index (χ1n) is 5.89. The van der Waals surface area contributed by atoms with E-state index in [0.717, 1.165) is 4.47 Å². The van der Waals surface area contributed by atoms with Gasteiger partial charge >= 0.3 is 0 Å². The van der Waals surface area contributed by atoms with Crippen molar-refractivity contribution in [2.24, 2.45) is 0 Å². The van der Waals surface area contributed by atoms with Crippen LogP contribution in [0.2, 0.25) is 0 Å². The van der Waals surface area contributed by atoms with Crippen molar-refractivity contribution in [2.75, 3.05) is 0 Å². The Bertz CT molecular complexity index is 527. The fourth-order valence-corrected chi connectivity index (χ4v) is 2.22. The first kappa shape index (κ1) is 13.2. The summed E-state index contributed by atoms with van der Waals surface area (Å²) < 4.78 is 14.5. The maximum atomic E-state index is 13.5. The molecule has 2 aromatic rings. The smallest absolute Gasteiger partial charge is 0.127 e. The van der Waals surface area contributed by atoms with Crippen molar-refractivity contribution < 1.29 is 4.39 Å². The molecule has 0 saturated carbocycles. The molecule has 0 amide bonds. The summed E-state index contributed by atoms with van der Waals surface area (Å²) in [6.07, 6.45) is 0. The second kappa shape index (κ2) is 6.12. The normalized spacial score (nSPS) is 12.4. The average Bonchev–Trinajstić information content (AvgIpc) is 2.37. The van der Waals surface area contributed by atoms with E-state index in [-0.39, 0.29) is 11.9 Å². The van der Waals surface area contributed by atoms with Gasteiger partial charge in [-0.15, -0.1) is 0 Å². The van der Waals surface area contributed by atoms with Crippen LogP contribution >= 0.6 is 15.9 Å². The molecule has 0 radical (unpaired) electrons. The zero-order chi connectivity index (χ0) is 13.0. The molecule has 0 bridgehead atoms. The van der Waals surface area contributed by atoms with E-state index in [9.17, 15) is 4.39 Å². The van der Waals surface area contributed by atoms with Crippen molar-refractivity contribution in [3.8, 4) is 0 Å². The number of hydrogen-bond acceptors (Lipinski definition) is 1. The van der Waals surface area contributed by atoms with Crippen LogP contribution in [0.25, 0.3) is 0 Å². The molecule has 0 spiro atoms. The molecular formula is C15H15BrFN.